The van der Waals surface area contributed by atoms with Crippen molar-refractivity contribution in [1.29, 1.82) is 0 Å². The van der Waals surface area contributed by atoms with Gasteiger partial charge in [-0.05, 0) is 34.9 Å². The molecule has 0 spiro atoms. The number of rotatable bonds is 3. The van der Waals surface area contributed by atoms with Crippen LogP contribution in [0.1, 0.15) is 17.2 Å². The number of benzene rings is 2. The smallest absolute Gasteiger partial charge is 0.257 e. The van der Waals surface area contributed by atoms with E-state index in [2.05, 4.69) is 9.98 Å². The molecule has 0 N–H and O–H groups in total. The number of carbonyl (C=O) groups is 1. The van der Waals surface area contributed by atoms with Gasteiger partial charge in [0.2, 0.25) is 5.95 Å². The Morgan fingerprint density at radius 1 is 0.923 bits per heavy atom. The fourth-order valence-corrected chi connectivity index (χ4v) is 3.09. The minimum Gasteiger partial charge on any atom is -0.298 e. The van der Waals surface area contributed by atoms with Crippen LogP contribution in [0.25, 0.3) is 11.1 Å². The van der Waals surface area contributed by atoms with Gasteiger partial charge in [0.15, 0.2) is 6.04 Å². The van der Waals surface area contributed by atoms with Crippen LogP contribution in [0.3, 0.4) is 0 Å². The zero-order valence-electron chi connectivity index (χ0n) is 14.1. The zero-order valence-corrected chi connectivity index (χ0v) is 14.1. The molecule has 2 aromatic carbocycles. The minimum absolute atomic E-state index is 0.185. The third kappa shape index (κ3) is 2.88. The summed E-state index contributed by atoms with van der Waals surface area (Å²) < 4.78 is 13.4. The van der Waals surface area contributed by atoms with Gasteiger partial charge in [-0.2, -0.15) is 4.39 Å². The predicted octanol–water partition coefficient (Wildman–Crippen LogP) is 3.85. The second kappa shape index (κ2) is 6.52. The van der Waals surface area contributed by atoms with Gasteiger partial charge in [0.05, 0.1) is 0 Å². The molecular weight excluding hydrogens is 329 g/mol. The van der Waals surface area contributed by atoms with Crippen molar-refractivity contribution in [2.24, 2.45) is 4.99 Å². The Bertz CT molecular complexity index is 1000. The fourth-order valence-electron chi connectivity index (χ4n) is 3.09. The highest BCUT2D eigenvalue weighted by Crippen LogP contribution is 2.29. The molecular formula is C21H16FN3O. The summed E-state index contributed by atoms with van der Waals surface area (Å²) in [6, 6.07) is 20.0. The number of aliphatic imine (C=N–C) groups is 1. The first kappa shape index (κ1) is 16.1. The summed E-state index contributed by atoms with van der Waals surface area (Å²) in [5.41, 5.74) is 3.49. The first-order valence-electron chi connectivity index (χ1n) is 8.26. The molecule has 5 heteroatoms. The number of hydrogen-bond acceptors (Lipinski definition) is 3. The number of pyridine rings is 1. The molecule has 0 saturated carbocycles. The van der Waals surface area contributed by atoms with Gasteiger partial charge in [0, 0.05) is 18.8 Å². The SMILES string of the molecule is CN1C(=O)C(c2ccnc(F)c2)N=C1c1cccc(-c2ccccc2)c1. The molecule has 1 aliphatic rings. The predicted molar refractivity (Wildman–Crippen MR) is 98.1 cm³/mol. The third-order valence-electron chi connectivity index (χ3n) is 4.43. The lowest BCUT2D eigenvalue weighted by atomic mass is 10.0. The molecule has 0 fully saturated rings. The second-order valence-corrected chi connectivity index (χ2v) is 6.11. The number of amidine groups is 1. The molecule has 4 nitrogen and oxygen atoms in total. The highest BCUT2D eigenvalue weighted by molar-refractivity contribution is 6.13. The molecule has 0 radical (unpaired) electrons. The lowest BCUT2D eigenvalue weighted by Gasteiger charge is -2.14. The summed E-state index contributed by atoms with van der Waals surface area (Å²) in [5.74, 6) is -0.224. The van der Waals surface area contributed by atoms with Gasteiger partial charge in [-0.3, -0.25) is 9.69 Å². The van der Waals surface area contributed by atoms with Crippen molar-refractivity contribution in [2.75, 3.05) is 7.05 Å². The van der Waals surface area contributed by atoms with Crippen LogP contribution in [-0.2, 0) is 4.79 Å². The molecule has 1 amide bonds. The van der Waals surface area contributed by atoms with E-state index in [4.69, 9.17) is 0 Å². The van der Waals surface area contributed by atoms with Crippen molar-refractivity contribution in [2.45, 2.75) is 6.04 Å². The summed E-state index contributed by atoms with van der Waals surface area (Å²) in [5, 5.41) is 0. The number of likely N-dealkylation sites (N-methyl/N-ethyl adjacent to an activating group) is 1. The molecule has 1 aliphatic heterocycles. The average Bonchev–Trinajstić information content (AvgIpc) is 2.98. The lowest BCUT2D eigenvalue weighted by molar-refractivity contribution is -0.126. The molecule has 1 atom stereocenters. The van der Waals surface area contributed by atoms with E-state index in [9.17, 15) is 9.18 Å². The summed E-state index contributed by atoms with van der Waals surface area (Å²) in [6.07, 6.45) is 1.35. The van der Waals surface area contributed by atoms with Gasteiger partial charge in [-0.15, -0.1) is 0 Å². The molecule has 3 aromatic rings. The van der Waals surface area contributed by atoms with Gasteiger partial charge in [-0.1, -0.05) is 48.5 Å². The molecule has 2 heterocycles. The highest BCUT2D eigenvalue weighted by Gasteiger charge is 2.34. The summed E-state index contributed by atoms with van der Waals surface area (Å²) in [6.45, 7) is 0. The van der Waals surface area contributed by atoms with Crippen LogP contribution < -0.4 is 0 Å². The Kier molecular flexibility index (Phi) is 4.05. The maximum atomic E-state index is 13.4. The third-order valence-corrected chi connectivity index (χ3v) is 4.43. The van der Waals surface area contributed by atoms with E-state index in [-0.39, 0.29) is 5.91 Å². The van der Waals surface area contributed by atoms with Crippen LogP contribution in [-0.4, -0.2) is 28.7 Å². The standard InChI is InChI=1S/C21H16FN3O/c1-25-20(24-19(21(25)26)16-10-11-23-18(22)13-16)17-9-5-8-15(12-17)14-6-3-2-4-7-14/h2-13,19H,1H3. The normalized spacial score (nSPS) is 16.7. The Hall–Kier alpha value is -3.34. The number of halogens is 1. The minimum atomic E-state index is -0.743. The Labute approximate surface area is 150 Å². The summed E-state index contributed by atoms with van der Waals surface area (Å²) in [7, 11) is 1.69. The second-order valence-electron chi connectivity index (χ2n) is 6.11. The van der Waals surface area contributed by atoms with E-state index in [1.54, 1.807) is 13.1 Å². The van der Waals surface area contributed by atoms with Gasteiger partial charge >= 0.3 is 0 Å². The molecule has 1 aromatic heterocycles. The van der Waals surface area contributed by atoms with E-state index >= 15 is 0 Å². The first-order chi connectivity index (χ1) is 12.6. The Balaban J connectivity index is 1.73. The van der Waals surface area contributed by atoms with Gasteiger partial charge in [0.1, 0.15) is 5.84 Å². The van der Waals surface area contributed by atoms with Gasteiger partial charge < -0.3 is 0 Å². The van der Waals surface area contributed by atoms with Crippen molar-refractivity contribution in [3.8, 4) is 11.1 Å². The number of nitrogens with zero attached hydrogens (tertiary/aromatic N) is 3. The molecule has 26 heavy (non-hydrogen) atoms. The summed E-state index contributed by atoms with van der Waals surface area (Å²) >= 11 is 0. The first-order valence-corrected chi connectivity index (χ1v) is 8.26. The number of carbonyl (C=O) groups excluding carboxylic acids is 1. The largest absolute Gasteiger partial charge is 0.298 e. The number of hydrogen-bond donors (Lipinski definition) is 0. The monoisotopic (exact) mass is 345 g/mol. The molecule has 0 bridgehead atoms. The Morgan fingerprint density at radius 3 is 2.42 bits per heavy atom. The van der Waals surface area contributed by atoms with Crippen LogP contribution in [0.4, 0.5) is 4.39 Å². The quantitative estimate of drug-likeness (QED) is 0.677. The van der Waals surface area contributed by atoms with Gasteiger partial charge in [-0.25, -0.2) is 9.98 Å². The van der Waals surface area contributed by atoms with E-state index in [0.717, 1.165) is 16.7 Å². The van der Waals surface area contributed by atoms with E-state index in [1.165, 1.54) is 17.2 Å². The van der Waals surface area contributed by atoms with Crippen LogP contribution in [0, 0.1) is 5.95 Å². The van der Waals surface area contributed by atoms with Crippen LogP contribution in [0.2, 0.25) is 0 Å². The molecule has 1 unspecified atom stereocenters. The van der Waals surface area contributed by atoms with E-state index < -0.39 is 12.0 Å². The molecule has 0 aliphatic carbocycles. The molecule has 128 valence electrons. The zero-order chi connectivity index (χ0) is 18.1. The highest BCUT2D eigenvalue weighted by atomic mass is 19.1. The van der Waals surface area contributed by atoms with Crippen molar-refractivity contribution < 1.29 is 9.18 Å². The van der Waals surface area contributed by atoms with Crippen molar-refractivity contribution >= 4 is 11.7 Å². The van der Waals surface area contributed by atoms with E-state index in [1.807, 2.05) is 54.6 Å². The fraction of sp³-hybridized carbons (Fsp3) is 0.0952. The maximum Gasteiger partial charge on any atom is 0.257 e. The molecule has 0 saturated heterocycles. The number of aromatic nitrogens is 1. The van der Waals surface area contributed by atoms with Crippen LogP contribution in [0.5, 0.6) is 0 Å². The van der Waals surface area contributed by atoms with Crippen LogP contribution >= 0.6 is 0 Å². The van der Waals surface area contributed by atoms with E-state index in [0.29, 0.717) is 11.4 Å². The van der Waals surface area contributed by atoms with Crippen molar-refractivity contribution in [3.63, 3.8) is 0 Å². The van der Waals surface area contributed by atoms with Crippen LogP contribution in [0.15, 0.2) is 77.9 Å². The topological polar surface area (TPSA) is 45.6 Å². The number of amides is 1. The van der Waals surface area contributed by atoms with Crippen molar-refractivity contribution in [3.05, 3.63) is 90.0 Å². The average molecular weight is 345 g/mol. The van der Waals surface area contributed by atoms with Gasteiger partial charge in [0.25, 0.3) is 5.91 Å². The summed E-state index contributed by atoms with van der Waals surface area (Å²) in [4.78, 5) is 22.2. The van der Waals surface area contributed by atoms with Crippen molar-refractivity contribution in [1.82, 2.24) is 9.88 Å². The Morgan fingerprint density at radius 2 is 1.65 bits per heavy atom. The molecule has 4 rings (SSSR count). The maximum absolute atomic E-state index is 13.4. The lowest BCUT2D eigenvalue weighted by Crippen LogP contribution is -2.29.